The second kappa shape index (κ2) is 3.62. The first-order valence-electron chi connectivity index (χ1n) is 3.69. The Kier molecular flexibility index (Phi) is 2.95. The molecule has 0 aliphatic heterocycles. The molecule has 0 aliphatic rings. The van der Waals surface area contributed by atoms with E-state index in [1.54, 1.807) is 0 Å². The molecule has 1 aromatic rings. The van der Waals surface area contributed by atoms with Gasteiger partial charge in [0.25, 0.3) is 0 Å². The minimum absolute atomic E-state index is 0.270. The molecular weight excluding hydrogens is 244 g/mol. The third kappa shape index (κ3) is 2.81. The van der Waals surface area contributed by atoms with Crippen molar-refractivity contribution in [2.75, 3.05) is 0 Å². The predicted octanol–water partition coefficient (Wildman–Crippen LogP) is 3.41. The fourth-order valence-electron chi connectivity index (χ4n) is 0.969. The van der Waals surface area contributed by atoms with Crippen LogP contribution in [0.25, 0.3) is 0 Å². The summed E-state index contributed by atoms with van der Waals surface area (Å²) >= 11 is 5.12. The Bertz CT molecular complexity index is 369. The number of rotatable bonds is 1. The minimum Gasteiger partial charge on any atom is -0.445 e. The summed E-state index contributed by atoms with van der Waals surface area (Å²) in [6.45, 7) is -5.38. The molecule has 8 heteroatoms. The second-order valence-corrected chi connectivity index (χ2v) is 3.22. The van der Waals surface area contributed by atoms with Crippen LogP contribution in [-0.4, -0.2) is 6.98 Å². The normalized spacial score (nSPS) is 13.0. The monoisotopic (exact) mass is 247 g/mol. The summed E-state index contributed by atoms with van der Waals surface area (Å²) in [5.74, 6) is 0. The van der Waals surface area contributed by atoms with E-state index in [-0.39, 0.29) is 6.07 Å². The Morgan fingerprint density at radius 3 is 1.93 bits per heavy atom. The molecule has 0 unspecified atom stereocenters. The Balaban J connectivity index is 3.21. The maximum Gasteiger partial charge on any atom is 0.511 e. The molecule has 0 aliphatic carbocycles. The standard InChI is InChI=1S/C7H3BClF6/c9-6-3-4(7(10,11)12)1-2-5(6)8(13,14)15/h1-3H/q-1. The lowest BCUT2D eigenvalue weighted by Gasteiger charge is -2.17. The minimum atomic E-state index is -5.38. The van der Waals surface area contributed by atoms with Gasteiger partial charge >= 0.3 is 13.2 Å². The van der Waals surface area contributed by atoms with Crippen molar-refractivity contribution in [3.05, 3.63) is 28.8 Å². The van der Waals surface area contributed by atoms with Gasteiger partial charge in [0.1, 0.15) is 0 Å². The highest BCUT2D eigenvalue weighted by atomic mass is 35.5. The predicted molar refractivity (Wildman–Crippen MR) is 45.2 cm³/mol. The molecule has 84 valence electrons. The molecule has 0 saturated heterocycles. The van der Waals surface area contributed by atoms with Gasteiger partial charge in [-0.3, -0.25) is 0 Å². The molecule has 0 N–H and O–H groups in total. The molecule has 0 aromatic heterocycles. The zero-order chi connectivity index (χ0) is 11.9. The average Bonchev–Trinajstić information content (AvgIpc) is 1.99. The highest BCUT2D eigenvalue weighted by Gasteiger charge is 2.33. The third-order valence-corrected chi connectivity index (χ3v) is 2.01. The number of alkyl halides is 3. The molecule has 0 spiro atoms. The van der Waals surface area contributed by atoms with Crippen molar-refractivity contribution in [1.29, 1.82) is 0 Å². The van der Waals surface area contributed by atoms with Crippen molar-refractivity contribution in [3.8, 4) is 0 Å². The van der Waals surface area contributed by atoms with Crippen molar-refractivity contribution >= 4 is 24.0 Å². The van der Waals surface area contributed by atoms with E-state index in [2.05, 4.69) is 0 Å². The largest absolute Gasteiger partial charge is 0.511 e. The maximum absolute atomic E-state index is 12.2. The van der Waals surface area contributed by atoms with Crippen molar-refractivity contribution in [2.45, 2.75) is 6.18 Å². The van der Waals surface area contributed by atoms with Gasteiger partial charge in [-0.25, -0.2) is 0 Å². The molecule has 0 fully saturated rings. The van der Waals surface area contributed by atoms with Crippen LogP contribution in [0.15, 0.2) is 18.2 Å². The molecule has 1 aromatic carbocycles. The van der Waals surface area contributed by atoms with Gasteiger partial charge in [-0.15, -0.1) is 0 Å². The summed E-state index contributed by atoms with van der Waals surface area (Å²) in [7, 11) is 0. The van der Waals surface area contributed by atoms with Crippen molar-refractivity contribution in [1.82, 2.24) is 0 Å². The molecule has 0 nitrogen and oxygen atoms in total. The Morgan fingerprint density at radius 1 is 1.07 bits per heavy atom. The molecule has 0 atom stereocenters. The average molecular weight is 247 g/mol. The second-order valence-electron chi connectivity index (χ2n) is 2.81. The first-order valence-corrected chi connectivity index (χ1v) is 4.07. The summed E-state index contributed by atoms with van der Waals surface area (Å²) in [5.41, 5.74) is -2.42. The lowest BCUT2D eigenvalue weighted by Crippen LogP contribution is -2.35. The van der Waals surface area contributed by atoms with Crippen molar-refractivity contribution in [2.24, 2.45) is 0 Å². The summed E-state index contributed by atoms with van der Waals surface area (Å²) in [4.78, 5) is 0. The maximum atomic E-state index is 12.2. The van der Waals surface area contributed by atoms with Crippen LogP contribution in [0.5, 0.6) is 0 Å². The fourth-order valence-corrected chi connectivity index (χ4v) is 1.27. The molecule has 0 radical (unpaired) electrons. The Morgan fingerprint density at radius 2 is 1.60 bits per heavy atom. The SMILES string of the molecule is F[B-](F)(F)c1ccc(C(F)(F)F)cc1Cl. The van der Waals surface area contributed by atoms with E-state index in [0.717, 1.165) is 0 Å². The van der Waals surface area contributed by atoms with Crippen molar-refractivity contribution < 1.29 is 26.1 Å². The fraction of sp³-hybridized carbons (Fsp3) is 0.143. The highest BCUT2D eigenvalue weighted by molar-refractivity contribution is 6.75. The van der Waals surface area contributed by atoms with Crippen LogP contribution >= 0.6 is 11.6 Å². The lowest BCUT2D eigenvalue weighted by atomic mass is 9.80. The molecular formula is C7H3BClF6-. The lowest BCUT2D eigenvalue weighted by molar-refractivity contribution is -0.137. The van der Waals surface area contributed by atoms with Crippen LogP contribution in [0.1, 0.15) is 5.56 Å². The Labute approximate surface area is 85.9 Å². The number of benzene rings is 1. The Hall–Kier alpha value is -0.845. The molecule has 0 saturated carbocycles. The third-order valence-electron chi connectivity index (χ3n) is 1.68. The van der Waals surface area contributed by atoms with E-state index in [1.807, 2.05) is 0 Å². The smallest absolute Gasteiger partial charge is 0.445 e. The van der Waals surface area contributed by atoms with Gasteiger partial charge in [-0.05, 0) is 6.07 Å². The zero-order valence-electron chi connectivity index (χ0n) is 6.96. The van der Waals surface area contributed by atoms with Gasteiger partial charge in [-0.2, -0.15) is 13.2 Å². The van der Waals surface area contributed by atoms with Crippen LogP contribution in [0, 0.1) is 0 Å². The van der Waals surface area contributed by atoms with Crippen LogP contribution in [0.2, 0.25) is 5.02 Å². The summed E-state index contributed by atoms with van der Waals surface area (Å²) in [6.07, 6.45) is -4.69. The molecule has 0 bridgehead atoms. The van der Waals surface area contributed by atoms with Crippen molar-refractivity contribution in [3.63, 3.8) is 0 Å². The number of halogens is 7. The topological polar surface area (TPSA) is 0 Å². The first kappa shape index (κ1) is 12.2. The van der Waals surface area contributed by atoms with E-state index in [1.165, 1.54) is 0 Å². The van der Waals surface area contributed by atoms with Crippen LogP contribution in [0.3, 0.4) is 0 Å². The van der Waals surface area contributed by atoms with E-state index < -0.39 is 29.2 Å². The quantitative estimate of drug-likeness (QED) is 0.527. The zero-order valence-corrected chi connectivity index (χ0v) is 7.71. The van der Waals surface area contributed by atoms with E-state index in [9.17, 15) is 26.1 Å². The molecule has 1 rings (SSSR count). The van der Waals surface area contributed by atoms with Crippen LogP contribution in [0.4, 0.5) is 26.1 Å². The van der Waals surface area contributed by atoms with Gasteiger partial charge in [-0.1, -0.05) is 29.2 Å². The number of hydrogen-bond donors (Lipinski definition) is 0. The van der Waals surface area contributed by atoms with E-state index >= 15 is 0 Å². The summed E-state index contributed by atoms with van der Waals surface area (Å²) < 4.78 is 72.7. The first-order chi connectivity index (χ1) is 6.62. The van der Waals surface area contributed by atoms with Gasteiger partial charge in [0, 0.05) is 5.02 Å². The van der Waals surface area contributed by atoms with Crippen LogP contribution in [-0.2, 0) is 6.18 Å². The van der Waals surface area contributed by atoms with Gasteiger partial charge in [0.15, 0.2) is 0 Å². The highest BCUT2D eigenvalue weighted by Crippen LogP contribution is 2.31. The van der Waals surface area contributed by atoms with E-state index in [0.29, 0.717) is 12.1 Å². The summed E-state index contributed by atoms with van der Waals surface area (Å²) in [5, 5.41) is -0.933. The molecule has 0 amide bonds. The molecule has 0 heterocycles. The van der Waals surface area contributed by atoms with Gasteiger partial charge in [0.2, 0.25) is 0 Å². The summed E-state index contributed by atoms with van der Waals surface area (Å²) in [6, 6.07) is 0.966. The van der Waals surface area contributed by atoms with Gasteiger partial charge < -0.3 is 12.9 Å². The molecule has 15 heavy (non-hydrogen) atoms. The number of hydrogen-bond acceptors (Lipinski definition) is 0. The van der Waals surface area contributed by atoms with Crippen LogP contribution < -0.4 is 5.46 Å². The van der Waals surface area contributed by atoms with Gasteiger partial charge in [0.05, 0.1) is 5.56 Å². The van der Waals surface area contributed by atoms with E-state index in [4.69, 9.17) is 11.6 Å².